The van der Waals surface area contributed by atoms with E-state index in [4.69, 9.17) is 0 Å². The summed E-state index contributed by atoms with van der Waals surface area (Å²) >= 11 is 1.93. The third kappa shape index (κ3) is 6.35. The topological polar surface area (TPSA) is 0 Å². The second-order valence-corrected chi connectivity index (χ2v) is 3.16. The van der Waals surface area contributed by atoms with Crippen LogP contribution in [0.2, 0.25) is 0 Å². The van der Waals surface area contributed by atoms with Crippen LogP contribution in [0.15, 0.2) is 0 Å². The summed E-state index contributed by atoms with van der Waals surface area (Å²) in [4.78, 5) is 0. The first kappa shape index (κ1) is 7.35. The molecule has 1 heteroatoms. The average molecular weight is 118 g/mol. The minimum Gasteiger partial charge on any atom is -0.165 e. The van der Waals surface area contributed by atoms with E-state index in [1.165, 1.54) is 12.2 Å². The van der Waals surface area contributed by atoms with Crippen LogP contribution in [-0.2, 0) is 0 Å². The zero-order valence-electron chi connectivity index (χ0n) is 5.40. The van der Waals surface area contributed by atoms with Gasteiger partial charge in [-0.05, 0) is 24.3 Å². The molecular weight excluding hydrogens is 104 g/mol. The van der Waals surface area contributed by atoms with E-state index in [-0.39, 0.29) is 0 Å². The van der Waals surface area contributed by atoms with Crippen molar-refractivity contribution in [1.29, 1.82) is 0 Å². The molecule has 0 unspecified atom stereocenters. The maximum absolute atomic E-state index is 2.26. The van der Waals surface area contributed by atoms with Crippen molar-refractivity contribution in [2.45, 2.75) is 20.3 Å². The second-order valence-electron chi connectivity index (χ2n) is 2.18. The molecule has 7 heavy (non-hydrogen) atoms. The van der Waals surface area contributed by atoms with Crippen molar-refractivity contribution in [2.24, 2.45) is 5.92 Å². The van der Waals surface area contributed by atoms with E-state index in [0.29, 0.717) is 0 Å². The summed E-state index contributed by atoms with van der Waals surface area (Å²) in [6.07, 6.45) is 3.52. The summed E-state index contributed by atoms with van der Waals surface area (Å²) in [7, 11) is 0. The maximum Gasteiger partial charge on any atom is -0.00679 e. The van der Waals surface area contributed by atoms with E-state index >= 15 is 0 Å². The molecule has 0 atom stereocenters. The van der Waals surface area contributed by atoms with Crippen LogP contribution in [-0.4, -0.2) is 12.0 Å². The highest BCUT2D eigenvalue weighted by atomic mass is 32.2. The van der Waals surface area contributed by atoms with E-state index in [0.717, 1.165) is 5.92 Å². The molecule has 0 radical (unpaired) electrons. The fourth-order valence-corrected chi connectivity index (χ4v) is 1.06. The SMILES string of the molecule is CSCCC(C)C. The summed E-state index contributed by atoms with van der Waals surface area (Å²) in [5.74, 6) is 2.20. The van der Waals surface area contributed by atoms with E-state index in [1.54, 1.807) is 0 Å². The van der Waals surface area contributed by atoms with Crippen LogP contribution in [0.4, 0.5) is 0 Å². The van der Waals surface area contributed by atoms with E-state index in [1.807, 2.05) is 11.8 Å². The summed E-state index contributed by atoms with van der Waals surface area (Å²) in [5.41, 5.74) is 0. The smallest absolute Gasteiger partial charge is 0.00679 e. The van der Waals surface area contributed by atoms with Crippen molar-refractivity contribution < 1.29 is 0 Å². The molecule has 0 aliphatic rings. The molecule has 0 saturated heterocycles. The van der Waals surface area contributed by atoms with Gasteiger partial charge in [-0.15, -0.1) is 0 Å². The Labute approximate surface area is 50.7 Å². The largest absolute Gasteiger partial charge is 0.165 e. The summed E-state index contributed by atoms with van der Waals surface area (Å²) < 4.78 is 0. The van der Waals surface area contributed by atoms with Crippen molar-refractivity contribution in [3.05, 3.63) is 0 Å². The normalized spacial score (nSPS) is 10.3. The fourth-order valence-electron chi connectivity index (χ4n) is 0.354. The highest BCUT2D eigenvalue weighted by Crippen LogP contribution is 2.03. The van der Waals surface area contributed by atoms with Gasteiger partial charge in [0.2, 0.25) is 0 Å². The highest BCUT2D eigenvalue weighted by molar-refractivity contribution is 7.98. The van der Waals surface area contributed by atoms with Gasteiger partial charge in [-0.25, -0.2) is 0 Å². The predicted molar refractivity (Wildman–Crippen MR) is 37.8 cm³/mol. The van der Waals surface area contributed by atoms with Gasteiger partial charge in [-0.1, -0.05) is 13.8 Å². The third-order valence-electron chi connectivity index (χ3n) is 0.899. The molecule has 0 aliphatic heterocycles. The second kappa shape index (κ2) is 4.51. The van der Waals surface area contributed by atoms with Crippen LogP contribution in [0.5, 0.6) is 0 Å². The Hall–Kier alpha value is 0.350. The molecular formula is C6H14S. The van der Waals surface area contributed by atoms with Gasteiger partial charge in [0.25, 0.3) is 0 Å². The quantitative estimate of drug-likeness (QED) is 0.548. The average Bonchev–Trinajstić information content (AvgIpc) is 1.61. The zero-order chi connectivity index (χ0) is 5.70. The molecule has 0 fully saturated rings. The first-order valence-electron chi connectivity index (χ1n) is 2.76. The lowest BCUT2D eigenvalue weighted by Crippen LogP contribution is -1.87. The number of hydrogen-bond acceptors (Lipinski definition) is 1. The maximum atomic E-state index is 2.26. The first-order valence-corrected chi connectivity index (χ1v) is 4.15. The zero-order valence-corrected chi connectivity index (χ0v) is 6.22. The molecule has 0 aromatic heterocycles. The Morgan fingerprint density at radius 3 is 2.14 bits per heavy atom. The van der Waals surface area contributed by atoms with Gasteiger partial charge in [-0.3, -0.25) is 0 Å². The van der Waals surface area contributed by atoms with Crippen molar-refractivity contribution >= 4 is 11.8 Å². The molecule has 0 nitrogen and oxygen atoms in total. The lowest BCUT2D eigenvalue weighted by Gasteiger charge is -1.98. The lowest BCUT2D eigenvalue weighted by molar-refractivity contribution is 0.632. The van der Waals surface area contributed by atoms with Gasteiger partial charge in [-0.2, -0.15) is 11.8 Å². The Morgan fingerprint density at radius 2 is 2.00 bits per heavy atom. The minimum absolute atomic E-state index is 0.882. The van der Waals surface area contributed by atoms with Crippen molar-refractivity contribution in [2.75, 3.05) is 12.0 Å². The van der Waals surface area contributed by atoms with Gasteiger partial charge >= 0.3 is 0 Å². The molecule has 0 heterocycles. The van der Waals surface area contributed by atoms with E-state index in [2.05, 4.69) is 20.1 Å². The molecule has 0 rings (SSSR count). The summed E-state index contributed by atoms with van der Waals surface area (Å²) in [5, 5.41) is 0. The Bertz CT molecular complexity index is 33.2. The Morgan fingerprint density at radius 1 is 1.43 bits per heavy atom. The van der Waals surface area contributed by atoms with Crippen molar-refractivity contribution in [3.8, 4) is 0 Å². The Balaban J connectivity index is 2.68. The van der Waals surface area contributed by atoms with Crippen molar-refractivity contribution in [3.63, 3.8) is 0 Å². The first-order chi connectivity index (χ1) is 3.27. The predicted octanol–water partition coefficient (Wildman–Crippen LogP) is 2.40. The summed E-state index contributed by atoms with van der Waals surface area (Å²) in [6.45, 7) is 4.52. The van der Waals surface area contributed by atoms with E-state index in [9.17, 15) is 0 Å². The third-order valence-corrected chi connectivity index (χ3v) is 1.54. The molecule has 0 spiro atoms. The monoisotopic (exact) mass is 118 g/mol. The Kier molecular flexibility index (Phi) is 4.73. The van der Waals surface area contributed by atoms with Crippen LogP contribution in [0.1, 0.15) is 20.3 Å². The van der Waals surface area contributed by atoms with Gasteiger partial charge in [0, 0.05) is 0 Å². The van der Waals surface area contributed by atoms with Crippen LogP contribution in [0, 0.1) is 5.92 Å². The van der Waals surface area contributed by atoms with Gasteiger partial charge in [0.1, 0.15) is 0 Å². The molecule has 0 amide bonds. The molecule has 44 valence electrons. The molecule has 0 bridgehead atoms. The standard InChI is InChI=1S/C6H14S/c1-6(2)4-5-7-3/h6H,4-5H2,1-3H3. The van der Waals surface area contributed by atoms with E-state index < -0.39 is 0 Å². The van der Waals surface area contributed by atoms with Crippen LogP contribution >= 0.6 is 11.8 Å². The van der Waals surface area contributed by atoms with Crippen molar-refractivity contribution in [1.82, 2.24) is 0 Å². The molecule has 0 N–H and O–H groups in total. The highest BCUT2D eigenvalue weighted by Gasteiger charge is 1.89. The molecule has 0 aliphatic carbocycles. The van der Waals surface area contributed by atoms with Crippen LogP contribution in [0.25, 0.3) is 0 Å². The number of rotatable bonds is 3. The fraction of sp³-hybridized carbons (Fsp3) is 1.00. The summed E-state index contributed by atoms with van der Waals surface area (Å²) in [6, 6.07) is 0. The number of thioether (sulfide) groups is 1. The van der Waals surface area contributed by atoms with Crippen LogP contribution in [0.3, 0.4) is 0 Å². The molecule has 0 aromatic rings. The van der Waals surface area contributed by atoms with Gasteiger partial charge < -0.3 is 0 Å². The van der Waals surface area contributed by atoms with Gasteiger partial charge in [0.15, 0.2) is 0 Å². The molecule has 0 aromatic carbocycles. The van der Waals surface area contributed by atoms with Gasteiger partial charge in [0.05, 0.1) is 0 Å². The minimum atomic E-state index is 0.882. The van der Waals surface area contributed by atoms with Crippen LogP contribution < -0.4 is 0 Å². The molecule has 0 saturated carbocycles. The lowest BCUT2D eigenvalue weighted by atomic mass is 10.2. The number of hydrogen-bond donors (Lipinski definition) is 0.